The number of carbonyl (C=O) groups excluding carboxylic acids is 1. The maximum absolute atomic E-state index is 12.7. The molecule has 144 valence electrons. The lowest BCUT2D eigenvalue weighted by Gasteiger charge is -2.18. The van der Waals surface area contributed by atoms with Crippen LogP contribution in [-0.4, -0.2) is 27.0 Å². The molecule has 1 heterocycles. The monoisotopic (exact) mass is 404 g/mol. The lowest BCUT2D eigenvalue weighted by atomic mass is 10.1. The van der Waals surface area contributed by atoms with Gasteiger partial charge in [0.1, 0.15) is 0 Å². The Balaban J connectivity index is 1.45. The molecule has 1 aliphatic rings. The third-order valence-corrected chi connectivity index (χ3v) is 4.84. The standard InChI is InChI=1S/C22H17ClN4O2/c23-18-8-6-17(7-9-18)22-26-25-20(29-22)14-27(19-10-11-19)21(28)12-5-15-1-3-16(13-24)4-2-15/h1-9,12,19H,10-11,14H2/b12-5+. The smallest absolute Gasteiger partial charge is 0.247 e. The van der Waals surface area contributed by atoms with Gasteiger partial charge in [0, 0.05) is 22.7 Å². The second-order valence-corrected chi connectivity index (χ2v) is 7.21. The fraction of sp³-hybridized carbons (Fsp3) is 0.182. The van der Waals surface area contributed by atoms with E-state index in [-0.39, 0.29) is 18.5 Å². The van der Waals surface area contributed by atoms with Crippen LogP contribution < -0.4 is 0 Å². The Morgan fingerprint density at radius 2 is 1.90 bits per heavy atom. The molecule has 4 rings (SSSR count). The van der Waals surface area contributed by atoms with Crippen molar-refractivity contribution in [2.24, 2.45) is 0 Å². The Hall–Kier alpha value is -3.43. The summed E-state index contributed by atoms with van der Waals surface area (Å²) in [5.74, 6) is 0.679. The maximum Gasteiger partial charge on any atom is 0.247 e. The topological polar surface area (TPSA) is 83.0 Å². The zero-order valence-corrected chi connectivity index (χ0v) is 16.2. The van der Waals surface area contributed by atoms with Gasteiger partial charge in [-0.25, -0.2) is 0 Å². The van der Waals surface area contributed by atoms with Crippen LogP contribution >= 0.6 is 11.6 Å². The van der Waals surface area contributed by atoms with Crippen molar-refractivity contribution in [2.75, 3.05) is 0 Å². The molecule has 0 atom stereocenters. The molecule has 0 aliphatic heterocycles. The van der Waals surface area contributed by atoms with E-state index in [1.807, 2.05) is 12.1 Å². The lowest BCUT2D eigenvalue weighted by Crippen LogP contribution is -2.31. The predicted molar refractivity (Wildman–Crippen MR) is 109 cm³/mol. The first-order valence-corrected chi connectivity index (χ1v) is 9.57. The van der Waals surface area contributed by atoms with E-state index in [1.54, 1.807) is 47.4 Å². The van der Waals surface area contributed by atoms with E-state index < -0.39 is 0 Å². The minimum absolute atomic E-state index is 0.108. The molecule has 0 radical (unpaired) electrons. The van der Waals surface area contributed by atoms with Crippen molar-refractivity contribution in [3.05, 3.63) is 76.6 Å². The third-order valence-electron chi connectivity index (χ3n) is 4.59. The summed E-state index contributed by atoms with van der Waals surface area (Å²) in [5.41, 5.74) is 2.22. The minimum atomic E-state index is -0.108. The number of carbonyl (C=O) groups is 1. The number of benzene rings is 2. The van der Waals surface area contributed by atoms with E-state index >= 15 is 0 Å². The van der Waals surface area contributed by atoms with Gasteiger partial charge in [-0.1, -0.05) is 23.7 Å². The van der Waals surface area contributed by atoms with Crippen molar-refractivity contribution >= 4 is 23.6 Å². The summed E-state index contributed by atoms with van der Waals surface area (Å²) >= 11 is 5.91. The zero-order valence-electron chi connectivity index (χ0n) is 15.5. The van der Waals surface area contributed by atoms with Crippen LogP contribution in [0.1, 0.15) is 29.9 Å². The van der Waals surface area contributed by atoms with Gasteiger partial charge < -0.3 is 9.32 Å². The Kier molecular flexibility index (Phi) is 5.41. The first kappa shape index (κ1) is 18.9. The van der Waals surface area contributed by atoms with Gasteiger partial charge >= 0.3 is 0 Å². The second kappa shape index (κ2) is 8.29. The molecule has 0 spiro atoms. The Morgan fingerprint density at radius 3 is 2.55 bits per heavy atom. The normalized spacial score (nSPS) is 13.4. The Labute approximate surface area is 173 Å². The molecule has 0 saturated heterocycles. The average Bonchev–Trinajstić information content (AvgIpc) is 3.49. The molecule has 1 aromatic heterocycles. The van der Waals surface area contributed by atoms with E-state index in [4.69, 9.17) is 21.3 Å². The third kappa shape index (κ3) is 4.71. The van der Waals surface area contributed by atoms with Crippen LogP contribution in [0.2, 0.25) is 5.02 Å². The largest absolute Gasteiger partial charge is 0.419 e. The van der Waals surface area contributed by atoms with E-state index in [0.29, 0.717) is 22.4 Å². The Bertz CT molecular complexity index is 1080. The maximum atomic E-state index is 12.7. The summed E-state index contributed by atoms with van der Waals surface area (Å²) in [6.45, 7) is 0.266. The summed E-state index contributed by atoms with van der Waals surface area (Å²) in [4.78, 5) is 14.5. The van der Waals surface area contributed by atoms with Gasteiger partial charge in [-0.3, -0.25) is 4.79 Å². The van der Waals surface area contributed by atoms with E-state index in [9.17, 15) is 4.79 Å². The molecule has 0 unspecified atom stereocenters. The lowest BCUT2D eigenvalue weighted by molar-refractivity contribution is -0.127. The van der Waals surface area contributed by atoms with Crippen LogP contribution in [0.5, 0.6) is 0 Å². The van der Waals surface area contributed by atoms with Crippen LogP contribution in [0.25, 0.3) is 17.5 Å². The number of hydrogen-bond acceptors (Lipinski definition) is 5. The molecule has 0 N–H and O–H groups in total. The number of nitriles is 1. The van der Waals surface area contributed by atoms with Gasteiger partial charge in [0.25, 0.3) is 0 Å². The van der Waals surface area contributed by atoms with Crippen molar-refractivity contribution in [1.82, 2.24) is 15.1 Å². The first-order valence-electron chi connectivity index (χ1n) is 9.19. The van der Waals surface area contributed by atoms with Crippen molar-refractivity contribution < 1.29 is 9.21 Å². The van der Waals surface area contributed by atoms with Crippen molar-refractivity contribution in [1.29, 1.82) is 5.26 Å². The molecular weight excluding hydrogens is 388 g/mol. The molecule has 3 aromatic rings. The van der Waals surface area contributed by atoms with E-state index in [1.165, 1.54) is 6.08 Å². The van der Waals surface area contributed by atoms with Gasteiger partial charge in [0.15, 0.2) is 0 Å². The highest BCUT2D eigenvalue weighted by Gasteiger charge is 2.32. The van der Waals surface area contributed by atoms with Crippen LogP contribution in [0.3, 0.4) is 0 Å². The van der Waals surface area contributed by atoms with Crippen molar-refractivity contribution in [3.63, 3.8) is 0 Å². The molecule has 6 nitrogen and oxygen atoms in total. The summed E-state index contributed by atoms with van der Waals surface area (Å²) in [7, 11) is 0. The molecule has 1 aliphatic carbocycles. The van der Waals surface area contributed by atoms with Gasteiger partial charge in [-0.2, -0.15) is 5.26 Å². The fourth-order valence-electron chi connectivity index (χ4n) is 2.88. The minimum Gasteiger partial charge on any atom is -0.419 e. The van der Waals surface area contributed by atoms with Gasteiger partial charge in [-0.05, 0) is 60.9 Å². The molecule has 2 aromatic carbocycles. The molecular formula is C22H17ClN4O2. The molecule has 29 heavy (non-hydrogen) atoms. The average molecular weight is 405 g/mol. The van der Waals surface area contributed by atoms with E-state index in [0.717, 1.165) is 24.0 Å². The van der Waals surface area contributed by atoms with Crippen LogP contribution in [-0.2, 0) is 11.3 Å². The zero-order chi connectivity index (χ0) is 20.2. The number of rotatable bonds is 6. The molecule has 1 fully saturated rings. The van der Waals surface area contributed by atoms with Crippen molar-refractivity contribution in [2.45, 2.75) is 25.4 Å². The van der Waals surface area contributed by atoms with E-state index in [2.05, 4.69) is 16.3 Å². The predicted octanol–water partition coefficient (Wildman–Crippen LogP) is 4.47. The van der Waals surface area contributed by atoms with Gasteiger partial charge in [0.05, 0.1) is 18.2 Å². The highest BCUT2D eigenvalue weighted by atomic mass is 35.5. The summed E-state index contributed by atoms with van der Waals surface area (Å²) < 4.78 is 5.74. The number of halogens is 1. The van der Waals surface area contributed by atoms with Crippen molar-refractivity contribution in [3.8, 4) is 17.5 Å². The number of amides is 1. The molecule has 1 saturated carbocycles. The second-order valence-electron chi connectivity index (χ2n) is 6.77. The SMILES string of the molecule is N#Cc1ccc(/C=C/C(=O)N(Cc2nnc(-c3ccc(Cl)cc3)o2)C2CC2)cc1. The van der Waals surface area contributed by atoms with Gasteiger partial charge in [-0.15, -0.1) is 10.2 Å². The molecule has 7 heteroatoms. The highest BCUT2D eigenvalue weighted by molar-refractivity contribution is 6.30. The fourth-order valence-corrected chi connectivity index (χ4v) is 3.00. The number of aromatic nitrogens is 2. The van der Waals surface area contributed by atoms with Gasteiger partial charge in [0.2, 0.25) is 17.7 Å². The first-order chi connectivity index (χ1) is 14.1. The highest BCUT2D eigenvalue weighted by Crippen LogP contribution is 2.29. The Morgan fingerprint density at radius 1 is 1.17 bits per heavy atom. The quantitative estimate of drug-likeness (QED) is 0.566. The summed E-state index contributed by atoms with van der Waals surface area (Å²) in [5, 5.41) is 17.7. The number of hydrogen-bond donors (Lipinski definition) is 0. The van der Waals surface area contributed by atoms with Crippen LogP contribution in [0.15, 0.2) is 59.0 Å². The number of nitrogens with zero attached hydrogens (tertiary/aromatic N) is 4. The molecule has 0 bridgehead atoms. The van der Waals surface area contributed by atoms with Crippen LogP contribution in [0, 0.1) is 11.3 Å². The van der Waals surface area contributed by atoms with Crippen LogP contribution in [0.4, 0.5) is 0 Å². The summed E-state index contributed by atoms with van der Waals surface area (Å²) in [6, 6.07) is 16.5. The summed E-state index contributed by atoms with van der Waals surface area (Å²) in [6.07, 6.45) is 5.21. The molecule has 1 amide bonds.